The van der Waals surface area contributed by atoms with E-state index in [0.717, 1.165) is 15.2 Å². The van der Waals surface area contributed by atoms with Crippen molar-refractivity contribution in [2.45, 2.75) is 13.5 Å². The molecule has 0 aliphatic rings. The number of aromatic nitrogens is 1. The zero-order valence-corrected chi connectivity index (χ0v) is 12.8. The molecule has 0 aliphatic heterocycles. The maximum Gasteiger partial charge on any atom is 0.270 e. The van der Waals surface area contributed by atoms with Crippen LogP contribution in [0.2, 0.25) is 0 Å². The van der Waals surface area contributed by atoms with Crippen LogP contribution in [0.5, 0.6) is 0 Å². The number of nitrogens with one attached hydrogen (secondary N) is 2. The summed E-state index contributed by atoms with van der Waals surface area (Å²) >= 11 is 5.00. The second-order valence-corrected chi connectivity index (χ2v) is 6.37. The quantitative estimate of drug-likeness (QED) is 0.878. The zero-order chi connectivity index (χ0) is 13.7. The number of carbonyl (C=O) groups is 1. The molecule has 19 heavy (non-hydrogen) atoms. The van der Waals surface area contributed by atoms with Gasteiger partial charge in [-0.1, -0.05) is 6.07 Å². The van der Waals surface area contributed by atoms with E-state index < -0.39 is 0 Å². The van der Waals surface area contributed by atoms with E-state index in [0.29, 0.717) is 18.1 Å². The van der Waals surface area contributed by atoms with Gasteiger partial charge in [0.1, 0.15) is 11.5 Å². The number of rotatable bonds is 5. The molecule has 0 unspecified atom stereocenters. The predicted molar refractivity (Wildman–Crippen MR) is 81.6 cm³/mol. The van der Waals surface area contributed by atoms with Crippen molar-refractivity contribution in [1.82, 2.24) is 10.3 Å². The van der Waals surface area contributed by atoms with Gasteiger partial charge in [-0.25, -0.2) is 4.98 Å². The van der Waals surface area contributed by atoms with Crippen LogP contribution in [0, 0.1) is 0 Å². The minimum atomic E-state index is -0.163. The van der Waals surface area contributed by atoms with Gasteiger partial charge in [0.05, 0.1) is 10.3 Å². The van der Waals surface area contributed by atoms with Crippen molar-refractivity contribution in [3.8, 4) is 0 Å². The van der Waals surface area contributed by atoms with Gasteiger partial charge >= 0.3 is 0 Å². The first-order chi connectivity index (χ1) is 9.19. The van der Waals surface area contributed by atoms with Crippen molar-refractivity contribution in [1.29, 1.82) is 0 Å². The van der Waals surface area contributed by atoms with Gasteiger partial charge < -0.3 is 10.6 Å². The average molecular weight is 340 g/mol. The van der Waals surface area contributed by atoms with Crippen LogP contribution in [0.4, 0.5) is 5.82 Å². The van der Waals surface area contributed by atoms with Crippen LogP contribution < -0.4 is 10.6 Å². The van der Waals surface area contributed by atoms with E-state index in [2.05, 4.69) is 31.5 Å². The summed E-state index contributed by atoms with van der Waals surface area (Å²) in [7, 11) is 0. The molecule has 0 aromatic carbocycles. The highest BCUT2D eigenvalue weighted by Crippen LogP contribution is 2.21. The van der Waals surface area contributed by atoms with Crippen LogP contribution in [0.15, 0.2) is 34.1 Å². The Morgan fingerprint density at radius 3 is 2.89 bits per heavy atom. The highest BCUT2D eigenvalue weighted by molar-refractivity contribution is 9.11. The van der Waals surface area contributed by atoms with Gasteiger partial charge in [-0.15, -0.1) is 11.3 Å². The van der Waals surface area contributed by atoms with Crippen LogP contribution in [0.25, 0.3) is 0 Å². The fourth-order valence-electron chi connectivity index (χ4n) is 1.55. The zero-order valence-electron chi connectivity index (χ0n) is 10.4. The van der Waals surface area contributed by atoms with Crippen LogP contribution in [0.3, 0.4) is 0 Å². The molecule has 0 atom stereocenters. The number of hydrogen-bond donors (Lipinski definition) is 2. The van der Waals surface area contributed by atoms with Crippen LogP contribution in [-0.4, -0.2) is 17.4 Å². The SMILES string of the molecule is CCNc1cccc(C(=O)NCc2ccc(Br)s2)n1. The Bertz CT molecular complexity index is 571. The monoisotopic (exact) mass is 339 g/mol. The molecule has 100 valence electrons. The maximum atomic E-state index is 12.0. The number of thiophene rings is 1. The molecule has 0 saturated heterocycles. The molecule has 0 saturated carbocycles. The molecule has 1 amide bonds. The fourth-order valence-corrected chi connectivity index (χ4v) is 2.97. The summed E-state index contributed by atoms with van der Waals surface area (Å²) in [5.74, 6) is 0.554. The lowest BCUT2D eigenvalue weighted by molar-refractivity contribution is 0.0946. The minimum Gasteiger partial charge on any atom is -0.370 e. The molecular weight excluding hydrogens is 326 g/mol. The Hall–Kier alpha value is -1.40. The Balaban J connectivity index is 1.97. The molecule has 0 aliphatic carbocycles. The molecule has 2 rings (SSSR count). The number of hydrogen-bond acceptors (Lipinski definition) is 4. The Labute approximate surface area is 124 Å². The molecule has 2 N–H and O–H groups in total. The normalized spacial score (nSPS) is 10.2. The van der Waals surface area contributed by atoms with E-state index in [-0.39, 0.29) is 5.91 Å². The van der Waals surface area contributed by atoms with E-state index in [4.69, 9.17) is 0 Å². The van der Waals surface area contributed by atoms with Gasteiger partial charge in [0.25, 0.3) is 5.91 Å². The summed E-state index contributed by atoms with van der Waals surface area (Å²) in [6.45, 7) is 3.28. The van der Waals surface area contributed by atoms with Crippen molar-refractivity contribution in [3.05, 3.63) is 44.7 Å². The van der Waals surface area contributed by atoms with Crippen LogP contribution in [-0.2, 0) is 6.54 Å². The molecule has 2 aromatic rings. The second-order valence-electron chi connectivity index (χ2n) is 3.83. The molecule has 0 spiro atoms. The number of nitrogens with zero attached hydrogens (tertiary/aromatic N) is 1. The largest absolute Gasteiger partial charge is 0.370 e. The van der Waals surface area contributed by atoms with E-state index >= 15 is 0 Å². The fraction of sp³-hybridized carbons (Fsp3) is 0.231. The smallest absolute Gasteiger partial charge is 0.270 e. The first-order valence-corrected chi connectivity index (χ1v) is 7.53. The Kier molecular flexibility index (Phi) is 4.93. The summed E-state index contributed by atoms with van der Waals surface area (Å²) in [6, 6.07) is 9.33. The topological polar surface area (TPSA) is 54.0 Å². The number of halogens is 1. The lowest BCUT2D eigenvalue weighted by atomic mass is 10.3. The third-order valence-electron chi connectivity index (χ3n) is 2.39. The van der Waals surface area contributed by atoms with Crippen LogP contribution >= 0.6 is 27.3 Å². The number of anilines is 1. The molecule has 0 bridgehead atoms. The molecule has 6 heteroatoms. The van der Waals surface area contributed by atoms with Gasteiger partial charge in [-0.3, -0.25) is 4.79 Å². The van der Waals surface area contributed by atoms with Crippen LogP contribution in [0.1, 0.15) is 22.3 Å². The van der Waals surface area contributed by atoms with Crippen molar-refractivity contribution >= 4 is 39.0 Å². The summed E-state index contributed by atoms with van der Waals surface area (Å²) in [5, 5.41) is 5.94. The molecular formula is C13H14BrN3OS. The maximum absolute atomic E-state index is 12.0. The van der Waals surface area contributed by atoms with Gasteiger partial charge in [-0.2, -0.15) is 0 Å². The predicted octanol–water partition coefficient (Wildman–Crippen LogP) is 3.27. The highest BCUT2D eigenvalue weighted by Gasteiger charge is 2.08. The van der Waals surface area contributed by atoms with E-state index in [9.17, 15) is 4.79 Å². The van der Waals surface area contributed by atoms with E-state index in [1.165, 1.54) is 0 Å². The molecule has 2 heterocycles. The van der Waals surface area contributed by atoms with Gasteiger partial charge in [-0.05, 0) is 47.1 Å². The molecule has 4 nitrogen and oxygen atoms in total. The molecule has 0 fully saturated rings. The Morgan fingerprint density at radius 2 is 2.21 bits per heavy atom. The highest BCUT2D eigenvalue weighted by atomic mass is 79.9. The van der Waals surface area contributed by atoms with Crippen molar-refractivity contribution in [3.63, 3.8) is 0 Å². The Morgan fingerprint density at radius 1 is 1.37 bits per heavy atom. The molecule has 2 aromatic heterocycles. The lowest BCUT2D eigenvalue weighted by Gasteiger charge is -2.06. The van der Waals surface area contributed by atoms with E-state index in [1.807, 2.05) is 31.2 Å². The van der Waals surface area contributed by atoms with Gasteiger partial charge in [0.2, 0.25) is 0 Å². The van der Waals surface area contributed by atoms with Crippen molar-refractivity contribution in [2.24, 2.45) is 0 Å². The third-order valence-corrected chi connectivity index (χ3v) is 4.02. The number of carbonyl (C=O) groups excluding carboxylic acids is 1. The minimum absolute atomic E-state index is 0.163. The second kappa shape index (κ2) is 6.68. The van der Waals surface area contributed by atoms with Gasteiger partial charge in [0.15, 0.2) is 0 Å². The third kappa shape index (κ3) is 4.04. The van der Waals surface area contributed by atoms with Crippen molar-refractivity contribution < 1.29 is 4.79 Å². The number of amides is 1. The summed E-state index contributed by atoms with van der Waals surface area (Å²) in [4.78, 5) is 17.3. The van der Waals surface area contributed by atoms with Gasteiger partial charge in [0, 0.05) is 11.4 Å². The van der Waals surface area contributed by atoms with Crippen molar-refractivity contribution in [2.75, 3.05) is 11.9 Å². The summed E-state index contributed by atoms with van der Waals surface area (Å²) in [5.41, 5.74) is 0.425. The summed E-state index contributed by atoms with van der Waals surface area (Å²) < 4.78 is 1.06. The average Bonchev–Trinajstić information content (AvgIpc) is 2.82. The molecule has 0 radical (unpaired) electrons. The first-order valence-electron chi connectivity index (χ1n) is 5.92. The standard InChI is InChI=1S/C13H14BrN3OS/c1-2-15-12-5-3-4-10(17-12)13(18)16-8-9-6-7-11(14)19-9/h3-7H,2,8H2,1H3,(H,15,17)(H,16,18). The lowest BCUT2D eigenvalue weighted by Crippen LogP contribution is -2.23. The van der Waals surface area contributed by atoms with E-state index in [1.54, 1.807) is 17.4 Å². The summed E-state index contributed by atoms with van der Waals surface area (Å²) in [6.07, 6.45) is 0. The first kappa shape index (κ1) is 14.0. The number of pyridine rings is 1.